The highest BCUT2D eigenvalue weighted by atomic mass is 16.5. The van der Waals surface area contributed by atoms with Gasteiger partial charge in [0.25, 0.3) is 0 Å². The first kappa shape index (κ1) is 50.8. The molecule has 5 amide bonds. The average Bonchev–Trinajstić information content (AvgIpc) is 3.86. The lowest BCUT2D eigenvalue weighted by molar-refractivity contribution is -0.147. The quantitative estimate of drug-likeness (QED) is 0.0923. The molecule has 13 nitrogen and oxygen atoms in total. The Labute approximate surface area is 361 Å². The van der Waals surface area contributed by atoms with Crippen LogP contribution in [0.1, 0.15) is 139 Å². The molecular formula is C47H79N5O8. The van der Waals surface area contributed by atoms with Gasteiger partial charge in [-0.1, -0.05) is 84.2 Å². The molecule has 340 valence electrons. The van der Waals surface area contributed by atoms with E-state index in [0.717, 1.165) is 51.4 Å². The number of amides is 5. The molecule has 1 aliphatic heterocycles. The molecule has 1 saturated carbocycles. The Balaban J connectivity index is 1.70. The predicted molar refractivity (Wildman–Crippen MR) is 235 cm³/mol. The number of benzene rings is 1. The van der Waals surface area contributed by atoms with Crippen LogP contribution in [0.15, 0.2) is 30.3 Å². The van der Waals surface area contributed by atoms with E-state index in [1.54, 1.807) is 33.0 Å². The van der Waals surface area contributed by atoms with E-state index in [1.807, 2.05) is 43.9 Å². The van der Waals surface area contributed by atoms with Gasteiger partial charge in [0.05, 0.1) is 55.2 Å². The zero-order valence-corrected chi connectivity index (χ0v) is 38.8. The number of hydrogen-bond acceptors (Lipinski definition) is 8. The lowest BCUT2D eigenvalue weighted by Gasteiger charge is -2.41. The van der Waals surface area contributed by atoms with E-state index in [0.29, 0.717) is 32.7 Å². The van der Waals surface area contributed by atoms with E-state index in [4.69, 9.17) is 14.2 Å². The second-order valence-electron chi connectivity index (χ2n) is 18.4. The van der Waals surface area contributed by atoms with Crippen molar-refractivity contribution in [2.45, 2.75) is 174 Å². The predicted octanol–water partition coefficient (Wildman–Crippen LogP) is 5.92. The van der Waals surface area contributed by atoms with Crippen LogP contribution in [0.3, 0.4) is 0 Å². The van der Waals surface area contributed by atoms with Gasteiger partial charge in [-0.3, -0.25) is 24.0 Å². The number of likely N-dealkylation sites (tertiary alicyclic amines) is 1. The van der Waals surface area contributed by atoms with Gasteiger partial charge in [-0.25, -0.2) is 0 Å². The molecule has 3 N–H and O–H groups in total. The van der Waals surface area contributed by atoms with Crippen molar-refractivity contribution in [1.29, 1.82) is 0 Å². The van der Waals surface area contributed by atoms with Crippen LogP contribution in [0, 0.1) is 11.8 Å². The molecule has 0 spiro atoms. The first-order chi connectivity index (χ1) is 28.4. The number of nitrogens with zero attached hydrogens (tertiary/aromatic N) is 2. The normalized spacial score (nSPS) is 18.8. The van der Waals surface area contributed by atoms with Crippen LogP contribution in [0.2, 0.25) is 0 Å². The van der Waals surface area contributed by atoms with Crippen LogP contribution < -0.4 is 16.0 Å². The topological polar surface area (TPSA) is 156 Å². The van der Waals surface area contributed by atoms with Crippen LogP contribution in [0.25, 0.3) is 0 Å². The molecule has 1 aromatic carbocycles. The smallest absolute Gasteiger partial charge is 0.245 e. The van der Waals surface area contributed by atoms with E-state index >= 15 is 0 Å². The molecule has 6 atom stereocenters. The van der Waals surface area contributed by atoms with Crippen molar-refractivity contribution in [3.63, 3.8) is 0 Å². The van der Waals surface area contributed by atoms with E-state index in [1.165, 1.54) is 5.56 Å². The maximum absolute atomic E-state index is 14.3. The number of hydrogen-bond donors (Lipinski definition) is 3. The minimum absolute atomic E-state index is 0.0249. The van der Waals surface area contributed by atoms with Gasteiger partial charge in [-0.15, -0.1) is 0 Å². The van der Waals surface area contributed by atoms with Crippen molar-refractivity contribution in [2.75, 3.05) is 47.0 Å². The summed E-state index contributed by atoms with van der Waals surface area (Å²) >= 11 is 0. The average molecular weight is 842 g/mol. The highest BCUT2D eigenvalue weighted by molar-refractivity contribution is 5.93. The Morgan fingerprint density at radius 3 is 2.18 bits per heavy atom. The number of nitrogens with one attached hydrogen (secondary N) is 3. The molecule has 6 unspecified atom stereocenters. The van der Waals surface area contributed by atoms with Crippen molar-refractivity contribution in [3.05, 3.63) is 35.9 Å². The first-order valence-corrected chi connectivity index (χ1v) is 22.6. The monoisotopic (exact) mass is 842 g/mol. The SMILES string of the molecule is CCCCOC(C)(C)CC(=O)NC(C)(C)C(=O)NCC(=O)N(CCCC)C(C(C)CC)C(CC(=O)N1CCCC1C(OC)C(C)C(=O)NCC1(c2ccccc2)CC1)OC. The molecule has 13 heteroatoms. The summed E-state index contributed by atoms with van der Waals surface area (Å²) in [5.41, 5.74) is -0.757. The Kier molecular flexibility index (Phi) is 20.0. The molecule has 1 aromatic rings. The summed E-state index contributed by atoms with van der Waals surface area (Å²) < 4.78 is 18.0. The summed E-state index contributed by atoms with van der Waals surface area (Å²) in [6, 6.07) is 9.57. The lowest BCUT2D eigenvalue weighted by atomic mass is 9.89. The summed E-state index contributed by atoms with van der Waals surface area (Å²) in [5, 5.41) is 8.80. The fraction of sp³-hybridized carbons (Fsp3) is 0.766. The summed E-state index contributed by atoms with van der Waals surface area (Å²) in [6.45, 7) is 18.8. The molecule has 0 radical (unpaired) electrons. The second kappa shape index (κ2) is 23.6. The van der Waals surface area contributed by atoms with Gasteiger partial charge in [0.1, 0.15) is 5.54 Å². The van der Waals surface area contributed by atoms with Crippen LogP contribution in [0.4, 0.5) is 0 Å². The van der Waals surface area contributed by atoms with E-state index in [9.17, 15) is 24.0 Å². The lowest BCUT2D eigenvalue weighted by Crippen LogP contribution is -2.58. The fourth-order valence-electron chi connectivity index (χ4n) is 8.59. The molecular weight excluding hydrogens is 763 g/mol. The Hall–Kier alpha value is -3.55. The third kappa shape index (κ3) is 14.3. The molecule has 60 heavy (non-hydrogen) atoms. The maximum atomic E-state index is 14.3. The van der Waals surface area contributed by atoms with Gasteiger partial charge in [-0.2, -0.15) is 0 Å². The van der Waals surface area contributed by atoms with Gasteiger partial charge in [-0.05, 0) is 77.7 Å². The molecule has 3 rings (SSSR count). The third-order valence-electron chi connectivity index (χ3n) is 12.7. The minimum Gasteiger partial charge on any atom is -0.379 e. The van der Waals surface area contributed by atoms with Gasteiger partial charge in [0, 0.05) is 45.9 Å². The van der Waals surface area contributed by atoms with Crippen LogP contribution in [0.5, 0.6) is 0 Å². The van der Waals surface area contributed by atoms with Crippen molar-refractivity contribution in [1.82, 2.24) is 25.8 Å². The van der Waals surface area contributed by atoms with Crippen LogP contribution in [-0.2, 0) is 43.6 Å². The van der Waals surface area contributed by atoms with Gasteiger partial charge < -0.3 is 40.0 Å². The number of unbranched alkanes of at least 4 members (excludes halogenated alkanes) is 2. The standard InChI is InChI=1S/C47H79N5O8/c1-12-15-26-52(40(55)31-48-44(57)46(8,9)50-38(53)30-45(6,7)60-28-16-13-2)41(33(4)14-3)37(58-10)29-39(54)51-27-20-23-36(51)42(59-11)34(5)43(56)49-32-47(24-25-47)35-21-18-17-19-22-35/h17-19,21-22,33-34,36-37,41-42H,12-16,20,23-32H2,1-11H3,(H,48,57)(H,49,56)(H,50,53). The largest absolute Gasteiger partial charge is 0.379 e. The van der Waals surface area contributed by atoms with E-state index < -0.39 is 41.2 Å². The number of methoxy groups -OCH3 is 2. The summed E-state index contributed by atoms with van der Waals surface area (Å²) in [5.74, 6) is -1.82. The first-order valence-electron chi connectivity index (χ1n) is 22.6. The third-order valence-corrected chi connectivity index (χ3v) is 12.7. The summed E-state index contributed by atoms with van der Waals surface area (Å²) in [7, 11) is 3.18. The molecule has 0 aromatic heterocycles. The maximum Gasteiger partial charge on any atom is 0.245 e. The second-order valence-corrected chi connectivity index (χ2v) is 18.4. The highest BCUT2D eigenvalue weighted by Crippen LogP contribution is 2.47. The molecule has 2 aliphatic rings. The molecule has 1 aliphatic carbocycles. The van der Waals surface area contributed by atoms with Crippen LogP contribution in [-0.4, -0.2) is 122 Å². The van der Waals surface area contributed by atoms with Gasteiger partial charge in [0.15, 0.2) is 0 Å². The zero-order chi connectivity index (χ0) is 44.7. The Bertz CT molecular complexity index is 1530. The van der Waals surface area contributed by atoms with Gasteiger partial charge >= 0.3 is 0 Å². The van der Waals surface area contributed by atoms with E-state index in [-0.39, 0.29) is 60.4 Å². The number of carbonyl (C=O) groups is 5. The van der Waals surface area contributed by atoms with Crippen molar-refractivity contribution in [2.24, 2.45) is 11.8 Å². The van der Waals surface area contributed by atoms with Crippen LogP contribution >= 0.6 is 0 Å². The Morgan fingerprint density at radius 1 is 0.933 bits per heavy atom. The molecule has 0 bridgehead atoms. The van der Waals surface area contributed by atoms with Crippen molar-refractivity contribution < 1.29 is 38.2 Å². The molecule has 2 fully saturated rings. The fourth-order valence-corrected chi connectivity index (χ4v) is 8.59. The highest BCUT2D eigenvalue weighted by Gasteiger charge is 2.46. The zero-order valence-electron chi connectivity index (χ0n) is 38.8. The number of ether oxygens (including phenoxy) is 3. The number of carbonyl (C=O) groups excluding carboxylic acids is 5. The molecule has 1 heterocycles. The molecule has 1 saturated heterocycles. The summed E-state index contributed by atoms with van der Waals surface area (Å²) in [6.07, 6.45) is 6.74. The Morgan fingerprint density at radius 2 is 1.60 bits per heavy atom. The minimum atomic E-state index is -1.28. The van der Waals surface area contributed by atoms with E-state index in [2.05, 4.69) is 55.8 Å². The summed E-state index contributed by atoms with van der Waals surface area (Å²) in [4.78, 5) is 72.2. The number of rotatable bonds is 27. The van der Waals surface area contributed by atoms with Crippen molar-refractivity contribution in [3.8, 4) is 0 Å². The van der Waals surface area contributed by atoms with Crippen molar-refractivity contribution >= 4 is 29.5 Å². The van der Waals surface area contributed by atoms with Gasteiger partial charge in [0.2, 0.25) is 29.5 Å².